The molecule has 1 N–H and O–H groups in total. The fourth-order valence-electron chi connectivity index (χ4n) is 2.67. The van der Waals surface area contributed by atoms with Crippen molar-refractivity contribution in [3.05, 3.63) is 48.0 Å². The summed E-state index contributed by atoms with van der Waals surface area (Å²) in [5, 5.41) is 3.48. The largest absolute Gasteiger partial charge is 0.460 e. The van der Waals surface area contributed by atoms with Crippen molar-refractivity contribution in [3.8, 4) is 11.3 Å². The summed E-state index contributed by atoms with van der Waals surface area (Å²) in [5.74, 6) is 2.75. The Hall–Kier alpha value is -1.26. The summed E-state index contributed by atoms with van der Waals surface area (Å²) >= 11 is 2.05. The first-order valence-corrected chi connectivity index (χ1v) is 8.33. The quantitative estimate of drug-likeness (QED) is 0.883. The second kappa shape index (κ2) is 6.24. The van der Waals surface area contributed by atoms with Gasteiger partial charge in [0.1, 0.15) is 17.3 Å². The van der Waals surface area contributed by atoms with E-state index in [0.717, 1.165) is 30.2 Å². The van der Waals surface area contributed by atoms with Gasteiger partial charge in [-0.15, -0.1) is 0 Å². The molecule has 0 amide bonds. The van der Waals surface area contributed by atoms with Crippen LogP contribution in [0.2, 0.25) is 0 Å². The topological polar surface area (TPSA) is 25.2 Å². The first kappa shape index (κ1) is 14.7. The molecule has 2 heterocycles. The van der Waals surface area contributed by atoms with Crippen LogP contribution in [0.3, 0.4) is 0 Å². The molecule has 1 aromatic heterocycles. The third kappa shape index (κ3) is 3.69. The molecule has 2 aromatic rings. The molecule has 1 saturated heterocycles. The van der Waals surface area contributed by atoms with Gasteiger partial charge in [-0.05, 0) is 61.9 Å². The third-order valence-electron chi connectivity index (χ3n) is 3.89. The Bertz CT molecular complexity index is 587. The minimum Gasteiger partial charge on any atom is -0.460 e. The van der Waals surface area contributed by atoms with E-state index in [0.29, 0.717) is 4.75 Å². The number of rotatable bonds is 5. The molecule has 0 radical (unpaired) electrons. The van der Waals surface area contributed by atoms with E-state index in [2.05, 4.69) is 24.0 Å². The zero-order valence-corrected chi connectivity index (χ0v) is 13.0. The van der Waals surface area contributed by atoms with Gasteiger partial charge in [-0.1, -0.05) is 0 Å². The van der Waals surface area contributed by atoms with E-state index >= 15 is 0 Å². The predicted octanol–water partition coefficient (Wildman–Crippen LogP) is 4.46. The van der Waals surface area contributed by atoms with Crippen molar-refractivity contribution in [1.29, 1.82) is 0 Å². The van der Waals surface area contributed by atoms with Gasteiger partial charge < -0.3 is 9.73 Å². The summed E-state index contributed by atoms with van der Waals surface area (Å²) in [4.78, 5) is 0. The average Bonchev–Trinajstić information content (AvgIpc) is 3.10. The number of hydrogen-bond acceptors (Lipinski definition) is 3. The van der Waals surface area contributed by atoms with Crippen molar-refractivity contribution >= 4 is 11.8 Å². The van der Waals surface area contributed by atoms with E-state index < -0.39 is 0 Å². The first-order valence-electron chi connectivity index (χ1n) is 7.34. The van der Waals surface area contributed by atoms with E-state index in [-0.39, 0.29) is 5.82 Å². The fourth-order valence-corrected chi connectivity index (χ4v) is 3.94. The van der Waals surface area contributed by atoms with Crippen LogP contribution in [-0.2, 0) is 6.54 Å². The van der Waals surface area contributed by atoms with Crippen LogP contribution in [0.1, 0.15) is 25.5 Å². The first-order chi connectivity index (χ1) is 10.1. The molecule has 3 rings (SSSR count). The van der Waals surface area contributed by atoms with Crippen molar-refractivity contribution < 1.29 is 8.81 Å². The van der Waals surface area contributed by atoms with Crippen LogP contribution in [0.15, 0.2) is 40.8 Å². The van der Waals surface area contributed by atoms with Crippen LogP contribution < -0.4 is 5.32 Å². The molecule has 1 fully saturated rings. The van der Waals surface area contributed by atoms with Crippen molar-refractivity contribution in [2.45, 2.75) is 31.1 Å². The number of halogens is 1. The van der Waals surface area contributed by atoms with Crippen molar-refractivity contribution in [2.24, 2.45) is 0 Å². The van der Waals surface area contributed by atoms with Crippen molar-refractivity contribution in [1.82, 2.24) is 5.32 Å². The zero-order valence-electron chi connectivity index (χ0n) is 12.2. The van der Waals surface area contributed by atoms with Crippen LogP contribution in [0, 0.1) is 5.82 Å². The van der Waals surface area contributed by atoms with Gasteiger partial charge in [0, 0.05) is 16.9 Å². The second-order valence-electron chi connectivity index (χ2n) is 5.78. The molecule has 4 heteroatoms. The Morgan fingerprint density at radius 3 is 2.76 bits per heavy atom. The molecular formula is C17H20FNOS. The fraction of sp³-hybridized carbons (Fsp3) is 0.412. The number of furan rings is 1. The normalized spacial score (nSPS) is 21.8. The van der Waals surface area contributed by atoms with Gasteiger partial charge in [-0.25, -0.2) is 4.39 Å². The van der Waals surface area contributed by atoms with Gasteiger partial charge in [0.25, 0.3) is 0 Å². The lowest BCUT2D eigenvalue weighted by Gasteiger charge is -2.22. The smallest absolute Gasteiger partial charge is 0.134 e. The highest BCUT2D eigenvalue weighted by Gasteiger charge is 2.28. The van der Waals surface area contributed by atoms with Crippen molar-refractivity contribution in [3.63, 3.8) is 0 Å². The molecular weight excluding hydrogens is 285 g/mol. The highest BCUT2D eigenvalue weighted by atomic mass is 32.2. The SMILES string of the molecule is CC1(CNCc2ccc(-c3ccc(F)cc3)o2)CCCS1. The van der Waals surface area contributed by atoms with E-state index in [4.69, 9.17) is 4.42 Å². The number of thioether (sulfide) groups is 1. The molecule has 0 aliphatic carbocycles. The van der Waals surface area contributed by atoms with Gasteiger partial charge in [-0.3, -0.25) is 0 Å². The molecule has 0 spiro atoms. The summed E-state index contributed by atoms with van der Waals surface area (Å²) in [5.41, 5.74) is 0.904. The standard InChI is InChI=1S/C17H20FNOS/c1-17(9-2-10-21-17)12-19-11-15-7-8-16(20-15)13-3-5-14(18)6-4-13/h3-8,19H,2,9-12H2,1H3. The van der Waals surface area contributed by atoms with Crippen LogP contribution in [0.5, 0.6) is 0 Å². The third-order valence-corrected chi connectivity index (χ3v) is 5.43. The van der Waals surface area contributed by atoms with E-state index in [1.54, 1.807) is 12.1 Å². The monoisotopic (exact) mass is 305 g/mol. The number of hydrogen-bond donors (Lipinski definition) is 1. The van der Waals surface area contributed by atoms with E-state index in [1.807, 2.05) is 12.1 Å². The second-order valence-corrected chi connectivity index (χ2v) is 7.46. The van der Waals surface area contributed by atoms with Crippen LogP contribution in [0.4, 0.5) is 4.39 Å². The maximum Gasteiger partial charge on any atom is 0.134 e. The molecule has 1 unspecified atom stereocenters. The molecule has 1 aliphatic heterocycles. The molecule has 112 valence electrons. The lowest BCUT2D eigenvalue weighted by molar-refractivity contribution is 0.470. The Morgan fingerprint density at radius 1 is 1.24 bits per heavy atom. The minimum absolute atomic E-state index is 0.227. The maximum atomic E-state index is 12.9. The summed E-state index contributed by atoms with van der Waals surface area (Å²) in [6.07, 6.45) is 2.60. The highest BCUT2D eigenvalue weighted by Crippen LogP contribution is 2.37. The average molecular weight is 305 g/mol. The molecule has 21 heavy (non-hydrogen) atoms. The van der Waals surface area contributed by atoms with Gasteiger partial charge in [0.2, 0.25) is 0 Å². The predicted molar refractivity (Wildman–Crippen MR) is 85.9 cm³/mol. The van der Waals surface area contributed by atoms with Crippen LogP contribution in [0.25, 0.3) is 11.3 Å². The number of benzene rings is 1. The maximum absolute atomic E-state index is 12.9. The molecule has 0 saturated carbocycles. The van der Waals surface area contributed by atoms with E-state index in [9.17, 15) is 4.39 Å². The van der Waals surface area contributed by atoms with Gasteiger partial charge in [-0.2, -0.15) is 11.8 Å². The minimum atomic E-state index is -0.227. The molecule has 0 bridgehead atoms. The summed E-state index contributed by atoms with van der Waals surface area (Å²) in [6, 6.07) is 10.3. The molecule has 2 nitrogen and oxygen atoms in total. The van der Waals surface area contributed by atoms with Gasteiger partial charge in [0.15, 0.2) is 0 Å². The lowest BCUT2D eigenvalue weighted by Crippen LogP contribution is -2.32. The van der Waals surface area contributed by atoms with Crippen molar-refractivity contribution in [2.75, 3.05) is 12.3 Å². The molecule has 1 atom stereocenters. The lowest BCUT2D eigenvalue weighted by atomic mass is 10.1. The van der Waals surface area contributed by atoms with Crippen LogP contribution >= 0.6 is 11.8 Å². The Morgan fingerprint density at radius 2 is 2.05 bits per heavy atom. The van der Waals surface area contributed by atoms with Crippen LogP contribution in [-0.4, -0.2) is 17.0 Å². The van der Waals surface area contributed by atoms with E-state index in [1.165, 1.54) is 30.7 Å². The Balaban J connectivity index is 1.56. The number of nitrogens with one attached hydrogen (secondary N) is 1. The van der Waals surface area contributed by atoms with Gasteiger partial charge in [0.05, 0.1) is 6.54 Å². The Labute approximate surface area is 129 Å². The van der Waals surface area contributed by atoms with Gasteiger partial charge >= 0.3 is 0 Å². The molecule has 1 aromatic carbocycles. The summed E-state index contributed by atoms with van der Waals surface area (Å²) in [6.45, 7) is 4.06. The summed E-state index contributed by atoms with van der Waals surface area (Å²) < 4.78 is 19.1. The summed E-state index contributed by atoms with van der Waals surface area (Å²) in [7, 11) is 0. The molecule has 1 aliphatic rings. The zero-order chi connectivity index (χ0) is 14.7. The Kier molecular flexibility index (Phi) is 4.36. The highest BCUT2D eigenvalue weighted by molar-refractivity contribution is 8.00.